The lowest BCUT2D eigenvalue weighted by Gasteiger charge is -2.28. The van der Waals surface area contributed by atoms with Crippen molar-refractivity contribution in [1.82, 2.24) is 9.88 Å². The van der Waals surface area contributed by atoms with Crippen molar-refractivity contribution in [2.45, 2.75) is 109 Å². The van der Waals surface area contributed by atoms with Gasteiger partial charge in [0.15, 0.2) is 5.82 Å². The first-order valence-electron chi connectivity index (χ1n) is 20.0. The van der Waals surface area contributed by atoms with Crippen molar-refractivity contribution in [3.8, 4) is 0 Å². The Morgan fingerprint density at radius 2 is 1.53 bits per heavy atom. The quantitative estimate of drug-likeness (QED) is 0.124. The molecule has 60 heavy (non-hydrogen) atoms. The topological polar surface area (TPSA) is 156 Å². The van der Waals surface area contributed by atoms with E-state index in [1.165, 1.54) is 11.1 Å². The lowest BCUT2D eigenvalue weighted by atomic mass is 9.97. The van der Waals surface area contributed by atoms with E-state index >= 15 is 0 Å². The van der Waals surface area contributed by atoms with Crippen LogP contribution in [0.2, 0.25) is 0 Å². The van der Waals surface area contributed by atoms with E-state index in [1.807, 2.05) is 45.0 Å². The number of alkyl halides is 1. The van der Waals surface area contributed by atoms with Gasteiger partial charge in [0, 0.05) is 52.6 Å². The van der Waals surface area contributed by atoms with Crippen LogP contribution in [0.3, 0.4) is 0 Å². The molecule has 0 radical (unpaired) electrons. The Morgan fingerprint density at radius 3 is 2.13 bits per heavy atom. The van der Waals surface area contributed by atoms with E-state index in [9.17, 15) is 27.8 Å². The number of aromatic nitrogens is 1. The third-order valence-electron chi connectivity index (χ3n) is 8.97. The third-order valence-corrected chi connectivity index (χ3v) is 10.9. The van der Waals surface area contributed by atoms with Crippen LogP contribution >= 0.6 is 0 Å². The number of ether oxygens (including phenoxy) is 3. The number of carbonyl (C=O) groups excluding carboxylic acids is 4. The Bertz CT molecular complexity index is 2160. The molecule has 1 saturated carbocycles. The van der Waals surface area contributed by atoms with Crippen LogP contribution in [-0.2, 0) is 36.3 Å². The number of fused-ring (bicyclic) bond motifs is 1. The summed E-state index contributed by atoms with van der Waals surface area (Å²) in [5.74, 6) is -0.855. The van der Waals surface area contributed by atoms with E-state index < -0.39 is 52.9 Å². The molecule has 1 fully saturated rings. The molecule has 13 nitrogen and oxygen atoms in total. The summed E-state index contributed by atoms with van der Waals surface area (Å²) in [4.78, 5) is 60.1. The largest absolute Gasteiger partial charge is 0.449 e. The molecule has 0 bridgehead atoms. The number of nitrogens with one attached hydrogen (secondary N) is 2. The average Bonchev–Trinajstić information content (AvgIpc) is 4.03. The second kappa shape index (κ2) is 20.6. The summed E-state index contributed by atoms with van der Waals surface area (Å²) >= 11 is 0. The molecule has 1 aliphatic carbocycles. The zero-order chi connectivity index (χ0) is 44.4. The Labute approximate surface area is 354 Å². The van der Waals surface area contributed by atoms with E-state index in [1.54, 1.807) is 91.1 Å². The normalized spacial score (nSPS) is 13.5. The highest BCUT2D eigenvalue weighted by Gasteiger charge is 2.35. The number of likely N-dealkylation sites (N-methyl/N-ethyl adjacent to an activating group) is 1. The number of nitrogens with zero attached hydrogens (tertiary/aromatic N) is 3. The molecule has 0 aliphatic heterocycles. The molecule has 1 aliphatic rings. The van der Waals surface area contributed by atoms with Gasteiger partial charge in [-0.15, -0.1) is 0 Å². The van der Waals surface area contributed by atoms with Crippen LogP contribution in [0.5, 0.6) is 0 Å². The summed E-state index contributed by atoms with van der Waals surface area (Å²) in [6.45, 7) is 15.2. The fraction of sp³-hybridized carbons (Fsp3) is 0.444. The highest BCUT2D eigenvalue weighted by molar-refractivity contribution is 7.86. The second-order valence-corrected chi connectivity index (χ2v) is 17.9. The lowest BCUT2D eigenvalue weighted by Crippen LogP contribution is -2.44. The summed E-state index contributed by atoms with van der Waals surface area (Å²) in [6, 6.07) is 19.2. The molecule has 0 saturated heterocycles. The minimum Gasteiger partial charge on any atom is -0.449 e. The van der Waals surface area contributed by atoms with Gasteiger partial charge in [-0.25, -0.2) is 19.4 Å². The van der Waals surface area contributed by atoms with Crippen molar-refractivity contribution in [2.24, 2.45) is 0 Å². The van der Waals surface area contributed by atoms with Gasteiger partial charge in [-0.1, -0.05) is 38.1 Å². The number of hydrogen-bond donors (Lipinski definition) is 2. The average molecular weight is 848 g/mol. The Kier molecular flexibility index (Phi) is 16.2. The highest BCUT2D eigenvalue weighted by Crippen LogP contribution is 2.34. The van der Waals surface area contributed by atoms with E-state index in [-0.39, 0.29) is 36.7 Å². The van der Waals surface area contributed by atoms with Crippen LogP contribution in [0.1, 0.15) is 90.8 Å². The SMILES string of the molecule is CC.Cc1ccccc1[C@@H](CF)COC(=O)Nc1ccc(S(=O)C2CC2)c(CN(C)C(=O)CNc2ccc3c(N(C(=O)OC(C)(C)C)C(=O)OC(C)(C)C)nccc3c2)c1. The molecule has 1 heterocycles. The summed E-state index contributed by atoms with van der Waals surface area (Å²) in [5.41, 5.74) is 1.45. The standard InChI is InChI=1S/C43H52FN5O8S.C2H6/c1-27-11-9-10-12-34(27)30(23-44)26-55-39(51)47-32-14-18-36(58(54)33-15-16-33)29(22-32)25-48(8)37(50)24-46-31-13-17-35-28(21-31)19-20-45-38(35)49(40(52)56-42(2,3)4)41(53)57-43(5,6)7;1-2/h9-14,17-22,30,33,46H,15-16,23-26H2,1-8H3,(H,47,51);1-2H3/t30-,58?;/m0./s1. The number of anilines is 3. The molecule has 1 unspecified atom stereocenters. The summed E-state index contributed by atoms with van der Waals surface area (Å²) in [5, 5.41) is 6.95. The van der Waals surface area contributed by atoms with Crippen LogP contribution in [0, 0.1) is 6.92 Å². The molecule has 4 aromatic rings. The van der Waals surface area contributed by atoms with E-state index in [0.717, 1.165) is 28.9 Å². The molecule has 324 valence electrons. The highest BCUT2D eigenvalue weighted by atomic mass is 32.2. The minimum absolute atomic E-state index is 0.0268. The first kappa shape index (κ1) is 47.1. The van der Waals surface area contributed by atoms with Gasteiger partial charge in [0.1, 0.15) is 17.8 Å². The maximum absolute atomic E-state index is 13.9. The van der Waals surface area contributed by atoms with E-state index in [2.05, 4.69) is 15.6 Å². The molecule has 2 N–H and O–H groups in total. The number of aryl methyl sites for hydroxylation is 1. The van der Waals surface area contributed by atoms with Crippen LogP contribution < -0.4 is 15.5 Å². The number of amides is 4. The fourth-order valence-electron chi connectivity index (χ4n) is 6.00. The van der Waals surface area contributed by atoms with Gasteiger partial charge in [0.2, 0.25) is 5.91 Å². The van der Waals surface area contributed by atoms with E-state index in [4.69, 9.17) is 14.2 Å². The number of halogens is 1. The number of benzene rings is 3. The monoisotopic (exact) mass is 847 g/mol. The molecule has 1 aromatic heterocycles. The van der Waals surface area contributed by atoms with Gasteiger partial charge in [0.25, 0.3) is 0 Å². The van der Waals surface area contributed by atoms with Gasteiger partial charge in [0.05, 0.1) is 24.0 Å². The molecule has 2 atom stereocenters. The number of hydrogen-bond acceptors (Lipinski definition) is 10. The second-order valence-electron chi connectivity index (χ2n) is 16.2. The molecule has 3 aromatic carbocycles. The number of rotatable bonds is 13. The lowest BCUT2D eigenvalue weighted by molar-refractivity contribution is -0.128. The van der Waals surface area contributed by atoms with Gasteiger partial charge in [-0.3, -0.25) is 18.7 Å². The number of imide groups is 1. The Hall–Kier alpha value is -5.57. The molecule has 4 amide bonds. The summed E-state index contributed by atoms with van der Waals surface area (Å²) in [7, 11) is 0.335. The summed E-state index contributed by atoms with van der Waals surface area (Å²) in [6.07, 6.45) is 0.504. The minimum atomic E-state index is -1.30. The maximum Gasteiger partial charge on any atom is 0.425 e. The Morgan fingerprint density at radius 1 is 0.900 bits per heavy atom. The maximum atomic E-state index is 13.9. The molecular weight excluding hydrogens is 790 g/mol. The van der Waals surface area contributed by atoms with Gasteiger partial charge < -0.3 is 24.4 Å². The molecular formula is C45H58FN5O8S. The predicted octanol–water partition coefficient (Wildman–Crippen LogP) is 9.89. The third kappa shape index (κ3) is 13.2. The van der Waals surface area contributed by atoms with Crippen molar-refractivity contribution in [3.63, 3.8) is 0 Å². The first-order chi connectivity index (χ1) is 28.3. The van der Waals surface area contributed by atoms with E-state index in [0.29, 0.717) is 32.6 Å². The zero-order valence-corrected chi connectivity index (χ0v) is 37.0. The first-order valence-corrected chi connectivity index (χ1v) is 21.3. The molecule has 5 rings (SSSR count). The van der Waals surface area contributed by atoms with Crippen LogP contribution in [0.4, 0.5) is 36.0 Å². The van der Waals surface area contributed by atoms with Crippen molar-refractivity contribution in [3.05, 3.63) is 89.6 Å². The molecule has 15 heteroatoms. The van der Waals surface area contributed by atoms with Gasteiger partial charge >= 0.3 is 18.3 Å². The van der Waals surface area contributed by atoms with Crippen molar-refractivity contribution in [2.75, 3.05) is 42.4 Å². The van der Waals surface area contributed by atoms with Crippen LogP contribution in [-0.4, -0.2) is 81.6 Å². The zero-order valence-electron chi connectivity index (χ0n) is 36.2. The van der Waals surface area contributed by atoms with Crippen molar-refractivity contribution < 1.29 is 42.0 Å². The number of pyridine rings is 1. The predicted molar refractivity (Wildman–Crippen MR) is 234 cm³/mol. The van der Waals surface area contributed by atoms with Crippen molar-refractivity contribution in [1.29, 1.82) is 0 Å². The van der Waals surface area contributed by atoms with Gasteiger partial charge in [-0.05, 0) is 126 Å². The molecule has 0 spiro atoms. The van der Waals surface area contributed by atoms with Crippen LogP contribution in [0.25, 0.3) is 10.8 Å². The number of carbonyl (C=O) groups is 4. The summed E-state index contributed by atoms with van der Waals surface area (Å²) < 4.78 is 43.7. The van der Waals surface area contributed by atoms with Gasteiger partial charge in [-0.2, -0.15) is 4.90 Å². The smallest absolute Gasteiger partial charge is 0.425 e. The van der Waals surface area contributed by atoms with Crippen LogP contribution in [0.15, 0.2) is 77.8 Å². The Balaban J connectivity index is 0.00000391. The fourth-order valence-corrected chi connectivity index (χ4v) is 7.51. The van der Waals surface area contributed by atoms with Crippen molar-refractivity contribution >= 4 is 63.0 Å².